The molecule has 0 bridgehead atoms. The second-order valence-corrected chi connectivity index (χ2v) is 9.53. The van der Waals surface area contributed by atoms with E-state index in [2.05, 4.69) is 48.9 Å². The highest BCUT2D eigenvalue weighted by atomic mass is 16.7. The summed E-state index contributed by atoms with van der Waals surface area (Å²) in [5.74, 6) is 0.867. The van der Waals surface area contributed by atoms with Crippen LogP contribution < -0.4 is 4.74 Å². The Hall–Kier alpha value is -2.71. The summed E-state index contributed by atoms with van der Waals surface area (Å²) in [5.41, 5.74) is 4.40. The van der Waals surface area contributed by atoms with Gasteiger partial charge in [-0.1, -0.05) is 18.2 Å². The Kier molecular flexibility index (Phi) is 6.93. The predicted octanol–water partition coefficient (Wildman–Crippen LogP) is 4.61. The standard InChI is InChI=1S/C28H34N2O5/c1-17-20-9-5-6-10-22(20)29-28-26(17)21-15-19(11-12-23(21)30(28)3)33-13-7-4-8-14-34-25-16-24(31)27(32)18(2)35-25/h5-6,9-12,15,18,24-25,27,31-32H,4,7-8,13-14,16H2,1-3H3/t18-,24-,25+,27-/m0/s1. The lowest BCUT2D eigenvalue weighted by Gasteiger charge is -2.35. The van der Waals surface area contributed by atoms with Gasteiger partial charge >= 0.3 is 0 Å². The van der Waals surface area contributed by atoms with Crippen molar-refractivity contribution in [1.82, 2.24) is 9.55 Å². The van der Waals surface area contributed by atoms with Crippen molar-refractivity contribution in [1.29, 1.82) is 0 Å². The summed E-state index contributed by atoms with van der Waals surface area (Å²) < 4.78 is 19.6. The average Bonchev–Trinajstić information content (AvgIpc) is 3.13. The molecule has 1 fully saturated rings. The summed E-state index contributed by atoms with van der Waals surface area (Å²) in [5, 5.41) is 23.1. The van der Waals surface area contributed by atoms with E-state index < -0.39 is 24.6 Å². The molecule has 0 aliphatic carbocycles. The van der Waals surface area contributed by atoms with Gasteiger partial charge in [0, 0.05) is 36.2 Å². The van der Waals surface area contributed by atoms with Crippen LogP contribution in [0.25, 0.3) is 32.8 Å². The molecule has 0 radical (unpaired) electrons. The maximum absolute atomic E-state index is 9.86. The molecular weight excluding hydrogens is 444 g/mol. The molecule has 5 rings (SSSR count). The Morgan fingerprint density at radius 2 is 1.86 bits per heavy atom. The zero-order valence-electron chi connectivity index (χ0n) is 20.6. The van der Waals surface area contributed by atoms with Gasteiger partial charge in [0.25, 0.3) is 0 Å². The van der Waals surface area contributed by atoms with Crippen molar-refractivity contribution in [2.24, 2.45) is 7.05 Å². The Bertz CT molecular complexity index is 1320. The normalized spacial score (nSPS) is 22.9. The van der Waals surface area contributed by atoms with Crippen molar-refractivity contribution >= 4 is 32.8 Å². The van der Waals surface area contributed by atoms with E-state index in [0.717, 1.165) is 47.1 Å². The third-order valence-corrected chi connectivity index (χ3v) is 7.09. The van der Waals surface area contributed by atoms with Crippen LogP contribution in [0.1, 0.15) is 38.2 Å². The molecule has 0 spiro atoms. The van der Waals surface area contributed by atoms with Crippen LogP contribution in [-0.2, 0) is 16.5 Å². The van der Waals surface area contributed by atoms with E-state index in [1.54, 1.807) is 6.92 Å². The topological polar surface area (TPSA) is 86.0 Å². The first-order chi connectivity index (χ1) is 16.9. The van der Waals surface area contributed by atoms with Crippen LogP contribution in [0.5, 0.6) is 5.75 Å². The van der Waals surface area contributed by atoms with Crippen LogP contribution in [0.2, 0.25) is 0 Å². The van der Waals surface area contributed by atoms with Crippen LogP contribution >= 0.6 is 0 Å². The van der Waals surface area contributed by atoms with Gasteiger partial charge in [-0.05, 0) is 62.9 Å². The van der Waals surface area contributed by atoms with Crippen LogP contribution in [0, 0.1) is 6.92 Å². The number of aliphatic hydroxyl groups is 2. The van der Waals surface area contributed by atoms with Gasteiger partial charge in [0.05, 0.1) is 29.8 Å². The minimum Gasteiger partial charge on any atom is -0.494 e. The van der Waals surface area contributed by atoms with Gasteiger partial charge in [0.1, 0.15) is 17.5 Å². The lowest BCUT2D eigenvalue weighted by atomic mass is 10.0. The quantitative estimate of drug-likeness (QED) is 0.360. The van der Waals surface area contributed by atoms with Gasteiger partial charge in [0.2, 0.25) is 0 Å². The minimum absolute atomic E-state index is 0.302. The van der Waals surface area contributed by atoms with E-state index in [-0.39, 0.29) is 0 Å². The highest BCUT2D eigenvalue weighted by Gasteiger charge is 2.34. The van der Waals surface area contributed by atoms with Gasteiger partial charge < -0.3 is 29.0 Å². The summed E-state index contributed by atoms with van der Waals surface area (Å²) in [4.78, 5) is 4.93. The van der Waals surface area contributed by atoms with Crippen molar-refractivity contribution in [3.05, 3.63) is 48.0 Å². The van der Waals surface area contributed by atoms with Gasteiger partial charge in [-0.2, -0.15) is 0 Å². The molecule has 0 unspecified atom stereocenters. The molecule has 1 aliphatic heterocycles. The van der Waals surface area contributed by atoms with Crippen molar-refractivity contribution in [3.8, 4) is 5.75 Å². The van der Waals surface area contributed by atoms with Crippen LogP contribution in [0.15, 0.2) is 42.5 Å². The fourth-order valence-electron chi connectivity index (χ4n) is 5.06. The minimum atomic E-state index is -0.848. The van der Waals surface area contributed by atoms with E-state index in [0.29, 0.717) is 19.6 Å². The number of hydrogen-bond acceptors (Lipinski definition) is 6. The highest BCUT2D eigenvalue weighted by Crippen LogP contribution is 2.35. The number of hydrogen-bond donors (Lipinski definition) is 2. The lowest BCUT2D eigenvalue weighted by Crippen LogP contribution is -2.47. The largest absolute Gasteiger partial charge is 0.494 e. The Labute approximate surface area is 205 Å². The number of ether oxygens (including phenoxy) is 3. The molecule has 7 nitrogen and oxygen atoms in total. The molecule has 4 aromatic rings. The molecule has 0 amide bonds. The fourth-order valence-corrected chi connectivity index (χ4v) is 5.06. The molecule has 1 aliphatic rings. The maximum Gasteiger partial charge on any atom is 0.160 e. The molecule has 4 atom stereocenters. The highest BCUT2D eigenvalue weighted by molar-refractivity contribution is 6.12. The summed E-state index contributed by atoms with van der Waals surface area (Å²) in [6.07, 6.45) is 0.558. The number of rotatable bonds is 8. The number of para-hydroxylation sites is 1. The molecule has 3 heterocycles. The first-order valence-electron chi connectivity index (χ1n) is 12.5. The first kappa shape index (κ1) is 24.0. The number of aromatic nitrogens is 2. The maximum atomic E-state index is 9.86. The first-order valence-corrected chi connectivity index (χ1v) is 12.5. The van der Waals surface area contributed by atoms with E-state index in [9.17, 15) is 10.2 Å². The van der Waals surface area contributed by atoms with Gasteiger partial charge in [-0.3, -0.25) is 0 Å². The van der Waals surface area contributed by atoms with Crippen molar-refractivity contribution in [2.75, 3.05) is 13.2 Å². The molecular formula is C28H34N2O5. The summed E-state index contributed by atoms with van der Waals surface area (Å²) >= 11 is 0. The SMILES string of the molecule is Cc1c2ccccc2nc2c1c1cc(OCCCCCO[C@H]3C[C@H](O)[C@@H](O)[C@H](C)O3)ccc1n2C. The number of benzene rings is 2. The van der Waals surface area contributed by atoms with E-state index in [1.807, 2.05) is 12.1 Å². The van der Waals surface area contributed by atoms with Crippen molar-refractivity contribution in [2.45, 2.75) is 64.1 Å². The van der Waals surface area contributed by atoms with Gasteiger partial charge in [0.15, 0.2) is 6.29 Å². The van der Waals surface area contributed by atoms with E-state index in [1.165, 1.54) is 16.3 Å². The Balaban J connectivity index is 1.17. The third kappa shape index (κ3) is 4.74. The summed E-state index contributed by atoms with van der Waals surface area (Å²) in [6, 6.07) is 14.6. The van der Waals surface area contributed by atoms with E-state index >= 15 is 0 Å². The van der Waals surface area contributed by atoms with Gasteiger partial charge in [-0.25, -0.2) is 4.98 Å². The Morgan fingerprint density at radius 1 is 1.06 bits per heavy atom. The number of fused-ring (bicyclic) bond motifs is 4. The van der Waals surface area contributed by atoms with Crippen molar-refractivity contribution < 1.29 is 24.4 Å². The molecule has 186 valence electrons. The zero-order chi connectivity index (χ0) is 24.5. The monoisotopic (exact) mass is 478 g/mol. The third-order valence-electron chi connectivity index (χ3n) is 7.09. The number of aryl methyl sites for hydroxylation is 2. The summed E-state index contributed by atoms with van der Waals surface area (Å²) in [6.45, 7) is 5.11. The van der Waals surface area contributed by atoms with Crippen LogP contribution in [-0.4, -0.2) is 57.6 Å². The molecule has 0 saturated carbocycles. The van der Waals surface area contributed by atoms with E-state index in [4.69, 9.17) is 19.2 Å². The second-order valence-electron chi connectivity index (χ2n) is 9.53. The average molecular weight is 479 g/mol. The van der Waals surface area contributed by atoms with Crippen LogP contribution in [0.3, 0.4) is 0 Å². The molecule has 35 heavy (non-hydrogen) atoms. The molecule has 1 saturated heterocycles. The number of aliphatic hydroxyl groups excluding tert-OH is 2. The Morgan fingerprint density at radius 3 is 2.69 bits per heavy atom. The number of nitrogens with zero attached hydrogens (tertiary/aromatic N) is 2. The molecule has 2 aromatic heterocycles. The predicted molar refractivity (Wildman–Crippen MR) is 137 cm³/mol. The second kappa shape index (κ2) is 10.1. The summed E-state index contributed by atoms with van der Waals surface area (Å²) in [7, 11) is 2.07. The fraction of sp³-hybridized carbons (Fsp3) is 0.464. The van der Waals surface area contributed by atoms with Crippen molar-refractivity contribution in [3.63, 3.8) is 0 Å². The zero-order valence-corrected chi connectivity index (χ0v) is 20.6. The number of unbranched alkanes of at least 4 members (excludes halogenated alkanes) is 2. The smallest absolute Gasteiger partial charge is 0.160 e. The number of pyridine rings is 1. The molecule has 2 N–H and O–H groups in total. The van der Waals surface area contributed by atoms with Crippen LogP contribution in [0.4, 0.5) is 0 Å². The molecule has 2 aromatic carbocycles. The lowest BCUT2D eigenvalue weighted by molar-refractivity contribution is -0.246. The molecule has 7 heteroatoms. The van der Waals surface area contributed by atoms with Gasteiger partial charge in [-0.15, -0.1) is 0 Å².